The Bertz CT molecular complexity index is 679. The van der Waals surface area contributed by atoms with Crippen molar-refractivity contribution in [3.8, 4) is 0 Å². The summed E-state index contributed by atoms with van der Waals surface area (Å²) < 4.78 is 0. The van der Waals surface area contributed by atoms with Gasteiger partial charge in [0.2, 0.25) is 11.8 Å². The van der Waals surface area contributed by atoms with E-state index in [-0.39, 0.29) is 49.2 Å². The van der Waals surface area contributed by atoms with Gasteiger partial charge in [-0.15, -0.1) is 0 Å². The molecule has 3 amide bonds. The second kappa shape index (κ2) is 8.54. The number of nitrogens with zero attached hydrogens (tertiary/aromatic N) is 1. The predicted molar refractivity (Wildman–Crippen MR) is 96.8 cm³/mol. The third-order valence-electron chi connectivity index (χ3n) is 4.04. The van der Waals surface area contributed by atoms with E-state index in [1.165, 1.54) is 6.07 Å². The molecule has 25 heavy (non-hydrogen) atoms. The Kier molecular flexibility index (Phi) is 6.67. The van der Waals surface area contributed by atoms with Crippen molar-refractivity contribution in [2.45, 2.75) is 26.3 Å². The number of likely N-dealkylation sites (tertiary alicyclic amines) is 1. The van der Waals surface area contributed by atoms with Gasteiger partial charge in [-0.1, -0.05) is 23.2 Å². The molecule has 0 aliphatic carbocycles. The Morgan fingerprint density at radius 3 is 2.48 bits per heavy atom. The molecule has 6 nitrogen and oxygen atoms in total. The van der Waals surface area contributed by atoms with E-state index in [4.69, 9.17) is 23.2 Å². The van der Waals surface area contributed by atoms with Crippen LogP contribution in [0.25, 0.3) is 0 Å². The molecule has 0 aromatic heterocycles. The molecular formula is C17H21Cl2N3O3. The van der Waals surface area contributed by atoms with Crippen LogP contribution >= 0.6 is 23.2 Å². The van der Waals surface area contributed by atoms with Crippen LogP contribution in [0.5, 0.6) is 0 Å². The maximum absolute atomic E-state index is 12.1. The lowest BCUT2D eigenvalue weighted by Crippen LogP contribution is -2.39. The topological polar surface area (TPSA) is 78.5 Å². The van der Waals surface area contributed by atoms with Crippen LogP contribution in [0.1, 0.15) is 30.6 Å². The number of benzene rings is 1. The molecule has 1 aliphatic rings. The largest absolute Gasteiger partial charge is 0.354 e. The first-order valence-corrected chi connectivity index (χ1v) is 8.85. The van der Waals surface area contributed by atoms with Crippen LogP contribution < -0.4 is 10.6 Å². The first-order chi connectivity index (χ1) is 11.8. The molecule has 1 saturated heterocycles. The summed E-state index contributed by atoms with van der Waals surface area (Å²) in [6.45, 7) is 4.86. The van der Waals surface area contributed by atoms with Gasteiger partial charge in [0, 0.05) is 37.7 Å². The normalized spacial score (nSPS) is 17.1. The van der Waals surface area contributed by atoms with E-state index in [0.717, 1.165) is 0 Å². The first-order valence-electron chi connectivity index (χ1n) is 8.10. The second-order valence-electron chi connectivity index (χ2n) is 6.22. The highest BCUT2D eigenvalue weighted by Gasteiger charge is 2.35. The van der Waals surface area contributed by atoms with Crippen LogP contribution in [0.4, 0.5) is 0 Å². The van der Waals surface area contributed by atoms with Gasteiger partial charge >= 0.3 is 0 Å². The quantitative estimate of drug-likeness (QED) is 0.735. The number of rotatable bonds is 6. The standard InChI is InChI=1S/C17H21Cl2N3O3/c1-10(2)22-9-12(8-15(22)23)17(25)21-6-5-20-16(24)11-3-4-13(18)14(19)7-11/h3-4,7,10,12H,5-6,8-9H2,1-2H3,(H,20,24)(H,21,25). The molecular weight excluding hydrogens is 365 g/mol. The van der Waals surface area contributed by atoms with E-state index in [1.54, 1.807) is 17.0 Å². The lowest BCUT2D eigenvalue weighted by atomic mass is 10.1. The molecule has 1 fully saturated rings. The Morgan fingerprint density at radius 2 is 1.88 bits per heavy atom. The van der Waals surface area contributed by atoms with Crippen LogP contribution in [0.15, 0.2) is 18.2 Å². The zero-order chi connectivity index (χ0) is 18.6. The van der Waals surface area contributed by atoms with Gasteiger partial charge in [0.25, 0.3) is 5.91 Å². The zero-order valence-electron chi connectivity index (χ0n) is 14.1. The number of nitrogens with one attached hydrogen (secondary N) is 2. The fourth-order valence-electron chi connectivity index (χ4n) is 2.65. The lowest BCUT2D eigenvalue weighted by Gasteiger charge is -2.20. The summed E-state index contributed by atoms with van der Waals surface area (Å²) in [7, 11) is 0. The number of carbonyl (C=O) groups is 3. The van der Waals surface area contributed by atoms with Crippen molar-refractivity contribution in [2.75, 3.05) is 19.6 Å². The zero-order valence-corrected chi connectivity index (χ0v) is 15.7. The summed E-state index contributed by atoms with van der Waals surface area (Å²) in [5.41, 5.74) is 0.398. The Morgan fingerprint density at radius 1 is 1.20 bits per heavy atom. The molecule has 1 aromatic carbocycles. The van der Waals surface area contributed by atoms with Crippen molar-refractivity contribution in [3.05, 3.63) is 33.8 Å². The summed E-state index contributed by atoms with van der Waals surface area (Å²) in [6, 6.07) is 4.71. The van der Waals surface area contributed by atoms with Gasteiger partial charge in [0.15, 0.2) is 0 Å². The summed E-state index contributed by atoms with van der Waals surface area (Å²) in [5.74, 6) is -0.793. The molecule has 0 spiro atoms. The third-order valence-corrected chi connectivity index (χ3v) is 4.78. The molecule has 1 aromatic rings. The van der Waals surface area contributed by atoms with Crippen LogP contribution in [0.2, 0.25) is 10.0 Å². The smallest absolute Gasteiger partial charge is 0.251 e. The maximum Gasteiger partial charge on any atom is 0.251 e. The van der Waals surface area contributed by atoms with Gasteiger partial charge in [-0.3, -0.25) is 14.4 Å². The summed E-state index contributed by atoms with van der Waals surface area (Å²) in [4.78, 5) is 37.6. The van der Waals surface area contributed by atoms with Gasteiger partial charge in [0.1, 0.15) is 0 Å². The van der Waals surface area contributed by atoms with E-state index in [1.807, 2.05) is 13.8 Å². The van der Waals surface area contributed by atoms with E-state index in [9.17, 15) is 14.4 Å². The first kappa shape index (κ1) is 19.5. The van der Waals surface area contributed by atoms with Crippen molar-refractivity contribution in [3.63, 3.8) is 0 Å². The van der Waals surface area contributed by atoms with Crippen LogP contribution in [0, 0.1) is 5.92 Å². The SMILES string of the molecule is CC(C)N1CC(C(=O)NCCNC(=O)c2ccc(Cl)c(Cl)c2)CC1=O. The number of hydrogen-bond donors (Lipinski definition) is 2. The molecule has 1 unspecified atom stereocenters. The van der Waals surface area contributed by atoms with Crippen molar-refractivity contribution in [1.82, 2.24) is 15.5 Å². The van der Waals surface area contributed by atoms with Crippen LogP contribution in [-0.2, 0) is 9.59 Å². The van der Waals surface area contributed by atoms with Gasteiger partial charge in [0.05, 0.1) is 16.0 Å². The predicted octanol–water partition coefficient (Wildman–Crippen LogP) is 2.10. The highest BCUT2D eigenvalue weighted by Crippen LogP contribution is 2.22. The van der Waals surface area contributed by atoms with E-state index in [2.05, 4.69) is 10.6 Å². The maximum atomic E-state index is 12.1. The van der Waals surface area contributed by atoms with Crippen molar-refractivity contribution < 1.29 is 14.4 Å². The molecule has 1 aliphatic heterocycles. The van der Waals surface area contributed by atoms with Gasteiger partial charge in [-0.25, -0.2) is 0 Å². The fourth-order valence-corrected chi connectivity index (χ4v) is 2.95. The molecule has 2 N–H and O–H groups in total. The average Bonchev–Trinajstić information content (AvgIpc) is 2.96. The molecule has 0 radical (unpaired) electrons. The summed E-state index contributed by atoms with van der Waals surface area (Å²) in [5, 5.41) is 6.14. The van der Waals surface area contributed by atoms with Gasteiger partial charge in [-0.2, -0.15) is 0 Å². The number of amides is 3. The minimum absolute atomic E-state index is 0.00284. The molecule has 8 heteroatoms. The monoisotopic (exact) mass is 385 g/mol. The van der Waals surface area contributed by atoms with Crippen LogP contribution in [-0.4, -0.2) is 48.3 Å². The Balaban J connectivity index is 1.74. The van der Waals surface area contributed by atoms with Gasteiger partial charge in [-0.05, 0) is 32.0 Å². The Hall–Kier alpha value is -1.79. The third kappa shape index (κ3) is 5.09. The highest BCUT2D eigenvalue weighted by molar-refractivity contribution is 6.42. The van der Waals surface area contributed by atoms with Crippen LogP contribution in [0.3, 0.4) is 0 Å². The van der Waals surface area contributed by atoms with Crippen molar-refractivity contribution in [2.24, 2.45) is 5.92 Å². The van der Waals surface area contributed by atoms with Gasteiger partial charge < -0.3 is 15.5 Å². The van der Waals surface area contributed by atoms with Crippen molar-refractivity contribution >= 4 is 40.9 Å². The minimum Gasteiger partial charge on any atom is -0.354 e. The molecule has 0 saturated carbocycles. The molecule has 0 bridgehead atoms. The summed E-state index contributed by atoms with van der Waals surface area (Å²) in [6.07, 6.45) is 0.236. The second-order valence-corrected chi connectivity index (χ2v) is 7.03. The molecule has 1 atom stereocenters. The fraction of sp³-hybridized carbons (Fsp3) is 0.471. The molecule has 136 valence electrons. The average molecular weight is 386 g/mol. The van der Waals surface area contributed by atoms with E-state index in [0.29, 0.717) is 22.2 Å². The highest BCUT2D eigenvalue weighted by atomic mass is 35.5. The van der Waals surface area contributed by atoms with E-state index >= 15 is 0 Å². The number of halogens is 2. The molecule has 1 heterocycles. The molecule has 2 rings (SSSR count). The van der Waals surface area contributed by atoms with E-state index < -0.39 is 0 Å². The number of carbonyl (C=O) groups excluding carboxylic acids is 3. The minimum atomic E-state index is -0.333. The summed E-state index contributed by atoms with van der Waals surface area (Å²) >= 11 is 11.7. The van der Waals surface area contributed by atoms with Crippen molar-refractivity contribution in [1.29, 1.82) is 0 Å². The lowest BCUT2D eigenvalue weighted by molar-refractivity contribution is -0.129. The Labute approximate surface area is 156 Å². The number of hydrogen-bond acceptors (Lipinski definition) is 3.